The highest BCUT2D eigenvalue weighted by atomic mass is 35.5. The van der Waals surface area contributed by atoms with Gasteiger partial charge in [0.15, 0.2) is 5.15 Å². The van der Waals surface area contributed by atoms with Crippen LogP contribution in [0.1, 0.15) is 25.8 Å². The Bertz CT molecular complexity index is 955. The molecule has 0 saturated carbocycles. The Morgan fingerprint density at radius 1 is 1.22 bits per heavy atom. The van der Waals surface area contributed by atoms with Crippen LogP contribution in [0.15, 0.2) is 23.4 Å². The maximum absolute atomic E-state index is 14.5. The number of nitrogens with zero attached hydrogens (tertiary/aromatic N) is 3. The van der Waals surface area contributed by atoms with Crippen LogP contribution in [0, 0.1) is 5.82 Å². The first-order valence-corrected chi connectivity index (χ1v) is 8.99. The molecule has 0 N–H and O–H groups in total. The van der Waals surface area contributed by atoms with Crippen molar-refractivity contribution >= 4 is 46.5 Å². The van der Waals surface area contributed by atoms with Crippen LogP contribution in [0.5, 0.6) is 0 Å². The molecule has 27 heavy (non-hydrogen) atoms. The van der Waals surface area contributed by atoms with Crippen LogP contribution in [0.3, 0.4) is 0 Å². The Hall–Kier alpha value is -1.96. The van der Waals surface area contributed by atoms with Crippen molar-refractivity contribution < 1.29 is 18.8 Å². The Morgan fingerprint density at radius 2 is 1.96 bits per heavy atom. The van der Waals surface area contributed by atoms with Crippen LogP contribution in [-0.2, 0) is 14.4 Å². The maximum Gasteiger partial charge on any atom is 0.353 e. The standard InChI is InChI=1S/C17H13Cl3FN3O3/c1-3-26-16(25)17(2)7-13(24-27-17)8-4-9(12(21)5-10(8)18)15-11(19)6-14(20)22-23-15/h4-6H,3,7H2,1-2H3. The van der Waals surface area contributed by atoms with Gasteiger partial charge in [0.1, 0.15) is 11.5 Å². The van der Waals surface area contributed by atoms with Crippen LogP contribution >= 0.6 is 34.8 Å². The number of esters is 1. The smallest absolute Gasteiger partial charge is 0.353 e. The van der Waals surface area contributed by atoms with Gasteiger partial charge in [-0.25, -0.2) is 9.18 Å². The minimum Gasteiger partial charge on any atom is -0.463 e. The van der Waals surface area contributed by atoms with Crippen molar-refractivity contribution in [2.45, 2.75) is 25.9 Å². The lowest BCUT2D eigenvalue weighted by Gasteiger charge is -2.18. The second-order valence-corrected chi connectivity index (χ2v) is 7.13. The lowest BCUT2D eigenvalue weighted by molar-refractivity contribution is -0.166. The largest absolute Gasteiger partial charge is 0.463 e. The minimum atomic E-state index is -1.28. The molecule has 0 radical (unpaired) electrons. The predicted molar refractivity (Wildman–Crippen MR) is 99.7 cm³/mol. The summed E-state index contributed by atoms with van der Waals surface area (Å²) in [5.41, 5.74) is -0.357. The van der Waals surface area contributed by atoms with E-state index in [0.29, 0.717) is 11.3 Å². The van der Waals surface area contributed by atoms with Gasteiger partial charge in [0, 0.05) is 17.5 Å². The van der Waals surface area contributed by atoms with Gasteiger partial charge in [-0.15, -0.1) is 10.2 Å². The Morgan fingerprint density at radius 3 is 2.63 bits per heavy atom. The van der Waals surface area contributed by atoms with E-state index in [2.05, 4.69) is 15.4 Å². The molecule has 1 atom stereocenters. The third kappa shape index (κ3) is 3.85. The van der Waals surface area contributed by atoms with E-state index in [1.165, 1.54) is 12.1 Å². The zero-order valence-electron chi connectivity index (χ0n) is 14.2. The summed E-state index contributed by atoms with van der Waals surface area (Å²) in [5.74, 6) is -1.19. The molecule has 0 bridgehead atoms. The van der Waals surface area contributed by atoms with Crippen LogP contribution in [0.4, 0.5) is 4.39 Å². The Labute approximate surface area is 169 Å². The SMILES string of the molecule is CCOC(=O)C1(C)CC(c2cc(-c3nnc(Cl)cc3Cl)c(F)cc2Cl)=NO1. The van der Waals surface area contributed by atoms with E-state index in [4.69, 9.17) is 44.4 Å². The fraction of sp³-hybridized carbons (Fsp3) is 0.294. The summed E-state index contributed by atoms with van der Waals surface area (Å²) in [4.78, 5) is 17.4. The fourth-order valence-electron chi connectivity index (χ4n) is 2.56. The number of hydrogen-bond donors (Lipinski definition) is 0. The molecule has 1 aliphatic heterocycles. The van der Waals surface area contributed by atoms with E-state index in [1.807, 2.05) is 0 Å². The molecule has 0 spiro atoms. The van der Waals surface area contributed by atoms with Gasteiger partial charge in [-0.2, -0.15) is 0 Å². The van der Waals surface area contributed by atoms with Crippen molar-refractivity contribution in [3.8, 4) is 11.3 Å². The monoisotopic (exact) mass is 431 g/mol. The lowest BCUT2D eigenvalue weighted by Crippen LogP contribution is -2.37. The number of oxime groups is 1. The molecule has 1 unspecified atom stereocenters. The van der Waals surface area contributed by atoms with Crippen molar-refractivity contribution in [2.24, 2.45) is 5.16 Å². The third-order valence-electron chi connectivity index (χ3n) is 3.91. The average molecular weight is 433 g/mol. The first kappa shape index (κ1) is 19.8. The Balaban J connectivity index is 1.99. The number of halogens is 4. The number of hydrogen-bond acceptors (Lipinski definition) is 6. The van der Waals surface area contributed by atoms with Gasteiger partial charge < -0.3 is 9.57 Å². The average Bonchev–Trinajstić information content (AvgIpc) is 2.99. The lowest BCUT2D eigenvalue weighted by atomic mass is 9.94. The molecule has 1 aliphatic rings. The van der Waals surface area contributed by atoms with Crippen LogP contribution in [-0.4, -0.2) is 34.1 Å². The van der Waals surface area contributed by atoms with E-state index in [0.717, 1.165) is 6.07 Å². The maximum atomic E-state index is 14.5. The highest BCUT2D eigenvalue weighted by molar-refractivity contribution is 6.36. The summed E-state index contributed by atoms with van der Waals surface area (Å²) in [7, 11) is 0. The Kier molecular flexibility index (Phi) is 5.55. The molecular formula is C17H13Cl3FN3O3. The van der Waals surface area contributed by atoms with E-state index < -0.39 is 17.4 Å². The second kappa shape index (κ2) is 7.58. The summed E-state index contributed by atoms with van der Waals surface area (Å²) < 4.78 is 19.5. The van der Waals surface area contributed by atoms with Gasteiger partial charge in [-0.05, 0) is 32.0 Å². The number of ether oxygens (including phenoxy) is 1. The molecule has 0 amide bonds. The van der Waals surface area contributed by atoms with E-state index in [9.17, 15) is 9.18 Å². The molecule has 0 saturated heterocycles. The van der Waals surface area contributed by atoms with Crippen molar-refractivity contribution in [3.63, 3.8) is 0 Å². The molecule has 2 aromatic rings. The summed E-state index contributed by atoms with van der Waals surface area (Å²) in [6.45, 7) is 3.46. The molecule has 6 nitrogen and oxygen atoms in total. The molecular weight excluding hydrogens is 420 g/mol. The van der Waals surface area contributed by atoms with Crippen molar-refractivity contribution in [2.75, 3.05) is 6.61 Å². The summed E-state index contributed by atoms with van der Waals surface area (Å²) in [6.07, 6.45) is 0.108. The molecule has 2 heterocycles. The van der Waals surface area contributed by atoms with E-state index in [-0.39, 0.29) is 39.5 Å². The topological polar surface area (TPSA) is 73.7 Å². The molecule has 1 aromatic heterocycles. The van der Waals surface area contributed by atoms with Crippen molar-refractivity contribution in [3.05, 3.63) is 44.8 Å². The quantitative estimate of drug-likeness (QED) is 0.655. The molecule has 3 rings (SSSR count). The van der Waals surface area contributed by atoms with E-state index in [1.54, 1.807) is 13.8 Å². The third-order valence-corrected chi connectivity index (χ3v) is 4.70. The minimum absolute atomic E-state index is 0.0657. The van der Waals surface area contributed by atoms with Crippen LogP contribution in [0.25, 0.3) is 11.3 Å². The van der Waals surface area contributed by atoms with Crippen molar-refractivity contribution in [1.29, 1.82) is 0 Å². The molecule has 142 valence electrons. The number of benzene rings is 1. The van der Waals surface area contributed by atoms with Gasteiger partial charge in [0.2, 0.25) is 5.60 Å². The van der Waals surface area contributed by atoms with E-state index >= 15 is 0 Å². The van der Waals surface area contributed by atoms with Gasteiger partial charge in [-0.3, -0.25) is 0 Å². The number of aromatic nitrogens is 2. The van der Waals surface area contributed by atoms with Crippen molar-refractivity contribution in [1.82, 2.24) is 10.2 Å². The predicted octanol–water partition coefficient (Wildman–Crippen LogP) is 4.69. The zero-order chi connectivity index (χ0) is 19.8. The van der Waals surface area contributed by atoms with Crippen LogP contribution in [0.2, 0.25) is 15.2 Å². The molecule has 10 heteroatoms. The van der Waals surface area contributed by atoms with Gasteiger partial charge in [0.25, 0.3) is 0 Å². The summed E-state index contributed by atoms with van der Waals surface area (Å²) in [6, 6.07) is 3.90. The number of carbonyl (C=O) groups is 1. The number of carbonyl (C=O) groups excluding carboxylic acids is 1. The first-order chi connectivity index (χ1) is 12.7. The highest BCUT2D eigenvalue weighted by Gasteiger charge is 2.44. The van der Waals surface area contributed by atoms with Gasteiger partial charge >= 0.3 is 5.97 Å². The highest BCUT2D eigenvalue weighted by Crippen LogP contribution is 2.35. The molecule has 0 fully saturated rings. The van der Waals surface area contributed by atoms with Gasteiger partial charge in [0.05, 0.1) is 22.4 Å². The first-order valence-electron chi connectivity index (χ1n) is 7.86. The summed E-state index contributed by atoms with van der Waals surface area (Å²) >= 11 is 18.0. The summed E-state index contributed by atoms with van der Waals surface area (Å²) in [5, 5.41) is 11.8. The zero-order valence-corrected chi connectivity index (χ0v) is 16.5. The normalized spacial score (nSPS) is 18.8. The van der Waals surface area contributed by atoms with Gasteiger partial charge in [-0.1, -0.05) is 40.0 Å². The molecule has 0 aliphatic carbocycles. The second-order valence-electron chi connectivity index (χ2n) is 5.93. The number of rotatable bonds is 4. The molecule has 1 aromatic carbocycles. The fourth-order valence-corrected chi connectivity index (χ4v) is 3.26. The van der Waals surface area contributed by atoms with Crippen LogP contribution < -0.4 is 0 Å².